The summed E-state index contributed by atoms with van der Waals surface area (Å²) in [5, 5.41) is 11.6. The Labute approximate surface area is 114 Å². The van der Waals surface area contributed by atoms with Crippen molar-refractivity contribution in [3.8, 4) is 0 Å². The van der Waals surface area contributed by atoms with Gasteiger partial charge in [0.2, 0.25) is 11.7 Å². The predicted octanol–water partition coefficient (Wildman–Crippen LogP) is 0.328. The van der Waals surface area contributed by atoms with Crippen molar-refractivity contribution in [2.75, 3.05) is 13.1 Å². The number of carbonyl (C=O) groups is 3. The van der Waals surface area contributed by atoms with Gasteiger partial charge in [-0.3, -0.25) is 9.59 Å². The number of furan rings is 1. The Bertz CT molecular complexity index is 579. The minimum absolute atomic E-state index is 0.00222. The standard InChI is InChI=1S/C13H14N2O5/c16-11-7-2-1-5-15(8(7)6-14-11)12(17)9-3-4-10(20-9)13(18)19/h3-4,7-8H,1-2,5-6H2,(H,14,16)(H,18,19). The van der Waals surface area contributed by atoms with E-state index in [0.29, 0.717) is 13.1 Å². The van der Waals surface area contributed by atoms with Gasteiger partial charge in [-0.2, -0.15) is 0 Å². The van der Waals surface area contributed by atoms with E-state index < -0.39 is 5.97 Å². The zero-order valence-electron chi connectivity index (χ0n) is 10.7. The summed E-state index contributed by atoms with van der Waals surface area (Å²) in [4.78, 5) is 36.4. The first-order valence-electron chi connectivity index (χ1n) is 6.50. The summed E-state index contributed by atoms with van der Waals surface area (Å²) in [5.74, 6) is -2.01. The molecule has 1 aromatic rings. The lowest BCUT2D eigenvalue weighted by atomic mass is 9.91. The van der Waals surface area contributed by atoms with Crippen LogP contribution in [0.1, 0.15) is 34.0 Å². The summed E-state index contributed by atoms with van der Waals surface area (Å²) >= 11 is 0. The van der Waals surface area contributed by atoms with Crippen LogP contribution in [0.4, 0.5) is 0 Å². The molecule has 2 N–H and O–H groups in total. The van der Waals surface area contributed by atoms with Crippen LogP contribution >= 0.6 is 0 Å². The topological polar surface area (TPSA) is 99.9 Å². The van der Waals surface area contributed by atoms with Gasteiger partial charge >= 0.3 is 5.97 Å². The predicted molar refractivity (Wildman–Crippen MR) is 66.2 cm³/mol. The van der Waals surface area contributed by atoms with E-state index in [1.54, 1.807) is 4.90 Å². The molecule has 0 spiro atoms. The number of likely N-dealkylation sites (tertiary alicyclic amines) is 1. The number of nitrogens with one attached hydrogen (secondary N) is 1. The number of carbonyl (C=O) groups excluding carboxylic acids is 2. The van der Waals surface area contributed by atoms with Crippen LogP contribution in [0.2, 0.25) is 0 Å². The second kappa shape index (κ2) is 4.66. The molecular formula is C13H14N2O5. The van der Waals surface area contributed by atoms with Crippen LogP contribution in [0.25, 0.3) is 0 Å². The summed E-state index contributed by atoms with van der Waals surface area (Å²) in [5.41, 5.74) is 0. The summed E-state index contributed by atoms with van der Waals surface area (Å²) < 4.78 is 5.04. The third-order valence-corrected chi connectivity index (χ3v) is 3.89. The number of carboxylic acids is 1. The highest BCUT2D eigenvalue weighted by Crippen LogP contribution is 2.28. The lowest BCUT2D eigenvalue weighted by molar-refractivity contribution is -0.123. The van der Waals surface area contributed by atoms with Gasteiger partial charge in [-0.05, 0) is 25.0 Å². The maximum Gasteiger partial charge on any atom is 0.371 e. The van der Waals surface area contributed by atoms with Crippen molar-refractivity contribution in [1.29, 1.82) is 0 Å². The lowest BCUT2D eigenvalue weighted by Gasteiger charge is -2.35. The van der Waals surface area contributed by atoms with Gasteiger partial charge in [0.1, 0.15) is 0 Å². The normalized spacial score (nSPS) is 25.2. The molecule has 2 aliphatic rings. The van der Waals surface area contributed by atoms with E-state index in [-0.39, 0.29) is 35.3 Å². The van der Waals surface area contributed by atoms with Gasteiger partial charge in [0.25, 0.3) is 5.91 Å². The largest absolute Gasteiger partial charge is 0.475 e. The molecule has 0 saturated carbocycles. The molecule has 2 aliphatic heterocycles. The highest BCUT2D eigenvalue weighted by atomic mass is 16.4. The van der Waals surface area contributed by atoms with E-state index in [4.69, 9.17) is 9.52 Å². The Kier molecular flexibility index (Phi) is 2.96. The van der Waals surface area contributed by atoms with E-state index in [1.807, 2.05) is 0 Å². The maximum absolute atomic E-state index is 12.4. The molecule has 0 aromatic carbocycles. The molecule has 2 fully saturated rings. The third kappa shape index (κ3) is 1.95. The maximum atomic E-state index is 12.4. The van der Waals surface area contributed by atoms with E-state index in [9.17, 15) is 14.4 Å². The number of hydrogen-bond acceptors (Lipinski definition) is 4. The molecule has 3 heterocycles. The van der Waals surface area contributed by atoms with Crippen molar-refractivity contribution in [2.45, 2.75) is 18.9 Å². The number of aromatic carboxylic acids is 1. The number of carboxylic acid groups (broad SMARTS) is 1. The number of rotatable bonds is 2. The SMILES string of the molecule is O=C(O)c1ccc(C(=O)N2CCCC3C(=O)NCC32)o1. The first kappa shape index (κ1) is 12.7. The van der Waals surface area contributed by atoms with Crippen molar-refractivity contribution in [3.63, 3.8) is 0 Å². The summed E-state index contributed by atoms with van der Waals surface area (Å²) in [6.45, 7) is 1.000. The molecule has 7 heteroatoms. The molecule has 3 rings (SSSR count). The molecule has 0 aliphatic carbocycles. The minimum atomic E-state index is -1.21. The number of nitrogens with zero attached hydrogens (tertiary/aromatic N) is 1. The molecule has 20 heavy (non-hydrogen) atoms. The van der Waals surface area contributed by atoms with Crippen LogP contribution in [-0.2, 0) is 4.79 Å². The first-order chi connectivity index (χ1) is 9.58. The van der Waals surface area contributed by atoms with Gasteiger partial charge in [0, 0.05) is 13.1 Å². The Morgan fingerprint density at radius 3 is 2.80 bits per heavy atom. The highest BCUT2D eigenvalue weighted by Gasteiger charge is 2.43. The molecule has 2 atom stereocenters. The van der Waals surface area contributed by atoms with E-state index in [0.717, 1.165) is 12.8 Å². The number of piperidine rings is 1. The van der Waals surface area contributed by atoms with E-state index in [2.05, 4.69) is 5.32 Å². The fraction of sp³-hybridized carbons (Fsp3) is 0.462. The smallest absolute Gasteiger partial charge is 0.371 e. The fourth-order valence-corrected chi connectivity index (χ4v) is 2.91. The Balaban J connectivity index is 1.82. The number of amides is 2. The second-order valence-corrected chi connectivity index (χ2v) is 5.03. The molecule has 1 aromatic heterocycles. The quantitative estimate of drug-likeness (QED) is 0.812. The van der Waals surface area contributed by atoms with Crippen LogP contribution in [0.3, 0.4) is 0 Å². The highest BCUT2D eigenvalue weighted by molar-refractivity contribution is 5.94. The molecular weight excluding hydrogens is 264 g/mol. The monoisotopic (exact) mass is 278 g/mol. The van der Waals surface area contributed by atoms with Crippen molar-refractivity contribution >= 4 is 17.8 Å². The van der Waals surface area contributed by atoms with Gasteiger partial charge in [-0.15, -0.1) is 0 Å². The lowest BCUT2D eigenvalue weighted by Crippen LogP contribution is -2.48. The van der Waals surface area contributed by atoms with Gasteiger partial charge < -0.3 is 19.7 Å². The molecule has 2 saturated heterocycles. The average molecular weight is 278 g/mol. The summed E-state index contributed by atoms with van der Waals surface area (Å²) in [6.07, 6.45) is 1.53. The molecule has 106 valence electrons. The molecule has 2 unspecified atom stereocenters. The average Bonchev–Trinajstić information content (AvgIpc) is 3.05. The zero-order valence-corrected chi connectivity index (χ0v) is 10.7. The van der Waals surface area contributed by atoms with Crippen molar-refractivity contribution in [2.24, 2.45) is 5.92 Å². The van der Waals surface area contributed by atoms with Crippen LogP contribution in [0.5, 0.6) is 0 Å². The summed E-state index contributed by atoms with van der Waals surface area (Å²) in [6, 6.07) is 2.45. The van der Waals surface area contributed by atoms with Gasteiger partial charge in [0.05, 0.1) is 12.0 Å². The van der Waals surface area contributed by atoms with Gasteiger partial charge in [-0.25, -0.2) is 4.79 Å². The van der Waals surface area contributed by atoms with Crippen LogP contribution in [0, 0.1) is 5.92 Å². The van der Waals surface area contributed by atoms with Crippen LogP contribution < -0.4 is 5.32 Å². The molecule has 0 radical (unpaired) electrons. The molecule has 7 nitrogen and oxygen atoms in total. The first-order valence-corrected chi connectivity index (χ1v) is 6.50. The van der Waals surface area contributed by atoms with Gasteiger partial charge in [-0.1, -0.05) is 0 Å². The Hall–Kier alpha value is -2.31. The molecule has 0 bridgehead atoms. The van der Waals surface area contributed by atoms with Crippen LogP contribution in [0.15, 0.2) is 16.5 Å². The Morgan fingerprint density at radius 1 is 1.35 bits per heavy atom. The number of fused-ring (bicyclic) bond motifs is 1. The van der Waals surface area contributed by atoms with Gasteiger partial charge in [0.15, 0.2) is 5.76 Å². The fourth-order valence-electron chi connectivity index (χ4n) is 2.91. The third-order valence-electron chi connectivity index (χ3n) is 3.89. The van der Waals surface area contributed by atoms with Crippen molar-refractivity contribution in [3.05, 3.63) is 23.7 Å². The number of hydrogen-bond donors (Lipinski definition) is 2. The molecule has 2 amide bonds. The minimum Gasteiger partial charge on any atom is -0.475 e. The second-order valence-electron chi connectivity index (χ2n) is 5.03. The van der Waals surface area contributed by atoms with Crippen molar-refractivity contribution < 1.29 is 23.9 Å². The Morgan fingerprint density at radius 2 is 2.10 bits per heavy atom. The summed E-state index contributed by atoms with van der Waals surface area (Å²) in [7, 11) is 0. The van der Waals surface area contributed by atoms with E-state index >= 15 is 0 Å². The zero-order chi connectivity index (χ0) is 14.3. The van der Waals surface area contributed by atoms with Crippen LogP contribution in [-0.4, -0.2) is 46.9 Å². The van der Waals surface area contributed by atoms with Crippen molar-refractivity contribution in [1.82, 2.24) is 10.2 Å². The van der Waals surface area contributed by atoms with E-state index in [1.165, 1.54) is 12.1 Å².